The van der Waals surface area contributed by atoms with E-state index in [1.807, 2.05) is 55.5 Å². The summed E-state index contributed by atoms with van der Waals surface area (Å²) in [5.74, 6) is 1.61. The van der Waals surface area contributed by atoms with Gasteiger partial charge in [-0.15, -0.1) is 0 Å². The van der Waals surface area contributed by atoms with Gasteiger partial charge in [-0.05, 0) is 54.8 Å². The summed E-state index contributed by atoms with van der Waals surface area (Å²) in [6.07, 6.45) is 0.252. The van der Waals surface area contributed by atoms with Crippen molar-refractivity contribution in [1.29, 1.82) is 5.26 Å². The number of anilines is 1. The monoisotopic (exact) mass is 366 g/mol. The first kappa shape index (κ1) is 20.3. The molecule has 27 heavy (non-hydrogen) atoms. The number of carbonyl (C=O) groups excluding carboxylic acids is 1. The first-order chi connectivity index (χ1) is 13.0. The maximum absolute atomic E-state index is 12.7. The summed E-state index contributed by atoms with van der Waals surface area (Å²) in [5, 5.41) is 8.91. The molecule has 0 N–H and O–H groups in total. The summed E-state index contributed by atoms with van der Waals surface area (Å²) in [4.78, 5) is 14.3. The third-order valence-electron chi connectivity index (χ3n) is 4.09. The van der Waals surface area contributed by atoms with E-state index in [4.69, 9.17) is 14.7 Å². The molecular formula is C22H26N2O3. The molecule has 0 bridgehead atoms. The van der Waals surface area contributed by atoms with Gasteiger partial charge in [-0.25, -0.2) is 0 Å². The zero-order valence-corrected chi connectivity index (χ0v) is 16.1. The maximum atomic E-state index is 12.7. The van der Waals surface area contributed by atoms with Crippen molar-refractivity contribution < 1.29 is 14.3 Å². The van der Waals surface area contributed by atoms with E-state index >= 15 is 0 Å². The van der Waals surface area contributed by atoms with Gasteiger partial charge in [0.25, 0.3) is 5.91 Å². The lowest BCUT2D eigenvalue weighted by Crippen LogP contribution is -2.35. The standard InChI is InChI=1S/C22H26N2O3/c1-4-26-20-11-9-19(10-12-20)24(14-6-13-23)22(25)16-27-21-8-5-7-18(15-21)17(2)3/h5,7-12,15,17H,4,6,14,16H2,1-3H3. The highest BCUT2D eigenvalue weighted by atomic mass is 16.5. The number of ether oxygens (including phenoxy) is 2. The summed E-state index contributed by atoms with van der Waals surface area (Å²) in [6, 6.07) is 17.1. The predicted octanol–water partition coefficient (Wildman–Crippen LogP) is 4.53. The van der Waals surface area contributed by atoms with Crippen molar-refractivity contribution in [2.75, 3.05) is 24.7 Å². The number of hydrogen-bond donors (Lipinski definition) is 0. The zero-order valence-electron chi connectivity index (χ0n) is 16.1. The molecule has 0 saturated carbocycles. The number of hydrogen-bond acceptors (Lipinski definition) is 4. The number of carbonyl (C=O) groups is 1. The van der Waals surface area contributed by atoms with E-state index in [1.165, 1.54) is 0 Å². The Morgan fingerprint density at radius 3 is 2.48 bits per heavy atom. The Kier molecular flexibility index (Phi) is 7.69. The average molecular weight is 366 g/mol. The van der Waals surface area contributed by atoms with Crippen LogP contribution >= 0.6 is 0 Å². The summed E-state index contributed by atoms with van der Waals surface area (Å²) >= 11 is 0. The van der Waals surface area contributed by atoms with Crippen molar-refractivity contribution in [2.24, 2.45) is 0 Å². The van der Waals surface area contributed by atoms with Crippen LogP contribution in [0, 0.1) is 11.3 Å². The van der Waals surface area contributed by atoms with E-state index in [9.17, 15) is 4.79 Å². The maximum Gasteiger partial charge on any atom is 0.264 e. The van der Waals surface area contributed by atoms with Crippen molar-refractivity contribution in [1.82, 2.24) is 0 Å². The third-order valence-corrected chi connectivity index (χ3v) is 4.09. The van der Waals surface area contributed by atoms with E-state index in [1.54, 1.807) is 4.90 Å². The second kappa shape index (κ2) is 10.2. The summed E-state index contributed by atoms with van der Waals surface area (Å²) < 4.78 is 11.1. The fourth-order valence-electron chi connectivity index (χ4n) is 2.64. The first-order valence-corrected chi connectivity index (χ1v) is 9.18. The SMILES string of the molecule is CCOc1ccc(N(CCC#N)C(=O)COc2cccc(C(C)C)c2)cc1. The zero-order chi connectivity index (χ0) is 19.6. The molecule has 2 rings (SSSR count). The smallest absolute Gasteiger partial charge is 0.264 e. The van der Waals surface area contributed by atoms with E-state index in [0.717, 1.165) is 17.0 Å². The van der Waals surface area contributed by atoms with Crippen molar-refractivity contribution in [3.63, 3.8) is 0 Å². The van der Waals surface area contributed by atoms with Crippen LogP contribution in [0.2, 0.25) is 0 Å². The van der Waals surface area contributed by atoms with Crippen LogP contribution in [0.1, 0.15) is 38.7 Å². The number of nitriles is 1. The van der Waals surface area contributed by atoms with Crippen LogP contribution in [-0.4, -0.2) is 25.7 Å². The molecule has 142 valence electrons. The fourth-order valence-corrected chi connectivity index (χ4v) is 2.64. The van der Waals surface area contributed by atoms with Crippen molar-refractivity contribution in [3.8, 4) is 17.6 Å². The van der Waals surface area contributed by atoms with Crippen LogP contribution < -0.4 is 14.4 Å². The Hall–Kier alpha value is -3.00. The lowest BCUT2D eigenvalue weighted by molar-refractivity contribution is -0.120. The Balaban J connectivity index is 2.08. The summed E-state index contributed by atoms with van der Waals surface area (Å²) in [5.41, 5.74) is 1.88. The molecule has 5 nitrogen and oxygen atoms in total. The van der Waals surface area contributed by atoms with Gasteiger partial charge in [-0.1, -0.05) is 26.0 Å². The topological polar surface area (TPSA) is 62.6 Å². The minimum absolute atomic E-state index is 0.0831. The Bertz CT molecular complexity index is 779. The molecule has 0 aliphatic heterocycles. The molecule has 1 amide bonds. The van der Waals surface area contributed by atoms with Crippen LogP contribution in [-0.2, 0) is 4.79 Å². The van der Waals surface area contributed by atoms with Gasteiger partial charge in [0, 0.05) is 12.2 Å². The predicted molar refractivity (Wildman–Crippen MR) is 106 cm³/mol. The molecule has 0 heterocycles. The number of nitrogens with zero attached hydrogens (tertiary/aromatic N) is 2. The van der Waals surface area contributed by atoms with E-state index in [0.29, 0.717) is 24.8 Å². The molecule has 0 aliphatic rings. The fraction of sp³-hybridized carbons (Fsp3) is 0.364. The van der Waals surface area contributed by atoms with E-state index in [2.05, 4.69) is 19.9 Å². The highest BCUT2D eigenvalue weighted by molar-refractivity contribution is 5.94. The third kappa shape index (κ3) is 6.03. The molecule has 0 radical (unpaired) electrons. The first-order valence-electron chi connectivity index (χ1n) is 9.18. The highest BCUT2D eigenvalue weighted by Crippen LogP contribution is 2.22. The summed E-state index contributed by atoms with van der Waals surface area (Å²) in [7, 11) is 0. The second-order valence-electron chi connectivity index (χ2n) is 6.40. The Labute approximate surface area is 161 Å². The number of amides is 1. The van der Waals surface area contributed by atoms with Gasteiger partial charge in [0.15, 0.2) is 6.61 Å². The average Bonchev–Trinajstić information content (AvgIpc) is 2.68. The molecule has 0 aliphatic carbocycles. The van der Waals surface area contributed by atoms with Crippen LogP contribution in [0.15, 0.2) is 48.5 Å². The van der Waals surface area contributed by atoms with Gasteiger partial charge < -0.3 is 14.4 Å². The molecule has 2 aromatic rings. The lowest BCUT2D eigenvalue weighted by atomic mass is 10.0. The molecule has 0 spiro atoms. The van der Waals surface area contributed by atoms with Crippen LogP contribution in [0.4, 0.5) is 5.69 Å². The van der Waals surface area contributed by atoms with Gasteiger partial charge in [-0.3, -0.25) is 4.79 Å². The number of benzene rings is 2. The van der Waals surface area contributed by atoms with Gasteiger partial charge in [0.2, 0.25) is 0 Å². The van der Waals surface area contributed by atoms with Crippen LogP contribution in [0.25, 0.3) is 0 Å². The quantitative estimate of drug-likeness (QED) is 0.654. The van der Waals surface area contributed by atoms with E-state index in [-0.39, 0.29) is 18.9 Å². The Morgan fingerprint density at radius 1 is 1.11 bits per heavy atom. The second-order valence-corrected chi connectivity index (χ2v) is 6.40. The van der Waals surface area contributed by atoms with Crippen LogP contribution in [0.5, 0.6) is 11.5 Å². The van der Waals surface area contributed by atoms with Gasteiger partial charge >= 0.3 is 0 Å². The van der Waals surface area contributed by atoms with Crippen molar-refractivity contribution in [2.45, 2.75) is 33.1 Å². The molecule has 0 atom stereocenters. The molecule has 2 aromatic carbocycles. The molecule has 5 heteroatoms. The highest BCUT2D eigenvalue weighted by Gasteiger charge is 2.16. The van der Waals surface area contributed by atoms with Crippen molar-refractivity contribution >= 4 is 11.6 Å². The van der Waals surface area contributed by atoms with Gasteiger partial charge in [-0.2, -0.15) is 5.26 Å². The van der Waals surface area contributed by atoms with E-state index < -0.39 is 0 Å². The molecular weight excluding hydrogens is 340 g/mol. The van der Waals surface area contributed by atoms with Crippen molar-refractivity contribution in [3.05, 3.63) is 54.1 Å². The summed E-state index contributed by atoms with van der Waals surface area (Å²) in [6.45, 7) is 6.96. The largest absolute Gasteiger partial charge is 0.494 e. The minimum Gasteiger partial charge on any atom is -0.494 e. The molecule has 0 fully saturated rings. The Morgan fingerprint density at radius 2 is 1.85 bits per heavy atom. The number of rotatable bonds is 9. The minimum atomic E-state index is -0.190. The van der Waals surface area contributed by atoms with Crippen LogP contribution in [0.3, 0.4) is 0 Å². The van der Waals surface area contributed by atoms with Gasteiger partial charge in [0.1, 0.15) is 11.5 Å². The lowest BCUT2D eigenvalue weighted by Gasteiger charge is -2.22. The van der Waals surface area contributed by atoms with Gasteiger partial charge in [0.05, 0.1) is 19.1 Å². The molecule has 0 saturated heterocycles. The molecule has 0 aromatic heterocycles. The normalized spacial score (nSPS) is 10.3. The molecule has 0 unspecified atom stereocenters.